The average Bonchev–Trinajstić information content (AvgIpc) is 3.19. The lowest BCUT2D eigenvalue weighted by Crippen LogP contribution is -2.33. The van der Waals surface area contributed by atoms with E-state index < -0.39 is 62.4 Å². The molecule has 35 heavy (non-hydrogen) atoms. The van der Waals surface area contributed by atoms with Gasteiger partial charge in [-0.1, -0.05) is 0 Å². The number of anilines is 1. The zero-order chi connectivity index (χ0) is 26.4. The number of aromatic nitrogens is 4. The molecule has 0 bridgehead atoms. The van der Waals surface area contributed by atoms with Crippen molar-refractivity contribution in [1.82, 2.24) is 19.5 Å². The van der Waals surface area contributed by atoms with Crippen LogP contribution >= 0.6 is 31.3 Å². The fourth-order valence-corrected chi connectivity index (χ4v) is 7.23. The molecule has 7 atom stereocenters. The van der Waals surface area contributed by atoms with Gasteiger partial charge in [-0.2, -0.15) is 12.9 Å². The lowest BCUT2D eigenvalue weighted by Gasteiger charge is -2.20. The van der Waals surface area contributed by atoms with Crippen LogP contribution in [0.15, 0.2) is 12.7 Å². The van der Waals surface area contributed by atoms with Gasteiger partial charge in [0.25, 0.3) is 0 Å². The minimum absolute atomic E-state index is 0.00862. The molecule has 1 aliphatic heterocycles. The molecule has 1 aliphatic rings. The number of hydrogen-bond acceptors (Lipinski definition) is 15. The van der Waals surface area contributed by atoms with Crippen molar-refractivity contribution >= 4 is 48.3 Å². The Morgan fingerprint density at radius 3 is 2.14 bits per heavy atom. The zero-order valence-electron chi connectivity index (χ0n) is 16.6. The van der Waals surface area contributed by atoms with Gasteiger partial charge in [0.15, 0.2) is 17.7 Å². The summed E-state index contributed by atoms with van der Waals surface area (Å²) in [6.45, 7) is -1.05. The Hall–Kier alpha value is -1.21. The normalized spacial score (nSPS) is 28.4. The van der Waals surface area contributed by atoms with E-state index in [2.05, 4.69) is 32.4 Å². The Labute approximate surface area is 193 Å². The molecule has 21 nitrogen and oxygen atoms in total. The fraction of sp³-hybridized carbons (Fsp3) is 0.500. The number of rotatable bonds is 10. The maximum Gasteiger partial charge on any atom is 0.490 e. The Morgan fingerprint density at radius 1 is 0.914 bits per heavy atom. The van der Waals surface area contributed by atoms with Gasteiger partial charge >= 0.3 is 31.3 Å². The van der Waals surface area contributed by atoms with Crippen molar-refractivity contribution in [3.63, 3.8) is 0 Å². The number of fused-ring (bicyclic) bond motifs is 1. The van der Waals surface area contributed by atoms with Crippen molar-refractivity contribution in [2.75, 3.05) is 12.3 Å². The molecule has 0 radical (unpaired) electrons. The van der Waals surface area contributed by atoms with E-state index in [0.29, 0.717) is 0 Å². The lowest BCUT2D eigenvalue weighted by molar-refractivity contribution is -0.0503. The summed E-state index contributed by atoms with van der Waals surface area (Å²) in [7, 11) is -23.3. The van der Waals surface area contributed by atoms with Gasteiger partial charge in [-0.05, 0) is 0 Å². The smallest absolute Gasteiger partial charge is 0.387 e. The fourth-order valence-electron chi connectivity index (χ4n) is 2.77. The Morgan fingerprint density at radius 2 is 1.51 bits per heavy atom. The molecule has 3 unspecified atom stereocenters. The van der Waals surface area contributed by atoms with Crippen molar-refractivity contribution < 1.29 is 75.1 Å². The Kier molecular flexibility index (Phi) is 8.04. The highest BCUT2D eigenvalue weighted by molar-refractivity contribution is 7.69. The summed E-state index contributed by atoms with van der Waals surface area (Å²) in [5.74, 6) is 0.00862. The number of aliphatic hydroxyl groups is 2. The molecule has 3 heterocycles. The molecule has 25 heteroatoms. The van der Waals surface area contributed by atoms with Crippen LogP contribution in [0.1, 0.15) is 6.23 Å². The van der Waals surface area contributed by atoms with Crippen LogP contribution in [0.4, 0.5) is 5.82 Å². The van der Waals surface area contributed by atoms with Crippen molar-refractivity contribution in [3.05, 3.63) is 12.7 Å². The number of phosphoric acid groups is 4. The highest BCUT2D eigenvalue weighted by Gasteiger charge is 2.48. The summed E-state index contributed by atoms with van der Waals surface area (Å²) in [6.07, 6.45) is -4.05. The topological polar surface area (TPSA) is 326 Å². The summed E-state index contributed by atoms with van der Waals surface area (Å²) in [6, 6.07) is 0. The van der Waals surface area contributed by atoms with Gasteiger partial charge < -0.3 is 45.2 Å². The van der Waals surface area contributed by atoms with E-state index in [9.17, 15) is 38.3 Å². The highest BCUT2D eigenvalue weighted by atomic mass is 31.3. The van der Waals surface area contributed by atoms with Crippen LogP contribution in [0, 0.1) is 0 Å². The van der Waals surface area contributed by atoms with Crippen molar-refractivity contribution in [2.24, 2.45) is 0 Å². The van der Waals surface area contributed by atoms with Crippen molar-refractivity contribution in [2.45, 2.75) is 24.5 Å². The number of aliphatic hydroxyl groups excluding tert-OH is 2. The molecule has 198 valence electrons. The number of nitrogens with zero attached hydrogens (tertiary/aromatic N) is 4. The molecular formula is C10H17N5O16P4. The molecule has 0 aromatic carbocycles. The van der Waals surface area contributed by atoms with E-state index in [1.807, 2.05) is 0 Å². The maximum atomic E-state index is 12.0. The third-order valence-electron chi connectivity index (χ3n) is 4.02. The molecule has 2 aromatic heterocycles. The number of nitrogen functional groups attached to an aromatic ring is 1. The Bertz CT molecular complexity index is 1280. The van der Waals surface area contributed by atoms with Gasteiger partial charge in [0.05, 0.1) is 12.9 Å². The summed E-state index contributed by atoms with van der Waals surface area (Å²) >= 11 is 0. The van der Waals surface area contributed by atoms with Gasteiger partial charge in [0.1, 0.15) is 30.2 Å². The summed E-state index contributed by atoms with van der Waals surface area (Å²) < 4.78 is 67.0. The van der Waals surface area contributed by atoms with Crippen molar-refractivity contribution in [1.29, 1.82) is 0 Å². The first-order valence-corrected chi connectivity index (χ1v) is 14.7. The van der Waals surface area contributed by atoms with Crippen molar-refractivity contribution in [3.8, 4) is 0 Å². The minimum Gasteiger partial charge on any atom is -0.387 e. The second kappa shape index (κ2) is 9.92. The number of imidazole rings is 1. The van der Waals surface area contributed by atoms with Crippen LogP contribution in [0.25, 0.3) is 11.2 Å². The molecular weight excluding hydrogens is 570 g/mol. The van der Waals surface area contributed by atoms with Crippen LogP contribution in [-0.4, -0.2) is 79.1 Å². The Balaban J connectivity index is 1.65. The van der Waals surface area contributed by atoms with Crippen LogP contribution in [0.5, 0.6) is 0 Å². The van der Waals surface area contributed by atoms with E-state index in [0.717, 1.165) is 12.7 Å². The first-order chi connectivity index (χ1) is 15.9. The molecule has 1 saturated heterocycles. The zero-order valence-corrected chi connectivity index (χ0v) is 20.2. The quantitative estimate of drug-likeness (QED) is 0.146. The monoisotopic (exact) mass is 587 g/mol. The summed E-state index contributed by atoms with van der Waals surface area (Å²) in [4.78, 5) is 56.5. The van der Waals surface area contributed by atoms with Gasteiger partial charge in [0, 0.05) is 0 Å². The minimum atomic E-state index is -6.00. The molecule has 0 spiro atoms. The van der Waals surface area contributed by atoms with E-state index in [1.165, 1.54) is 4.57 Å². The first-order valence-electron chi connectivity index (χ1n) is 8.67. The third-order valence-corrected chi connectivity index (χ3v) is 9.48. The summed E-state index contributed by atoms with van der Waals surface area (Å²) in [5.41, 5.74) is 5.92. The van der Waals surface area contributed by atoms with Crippen LogP contribution in [0.2, 0.25) is 0 Å². The molecule has 9 N–H and O–H groups in total. The highest BCUT2D eigenvalue weighted by Crippen LogP contribution is 2.70. The third kappa shape index (κ3) is 7.18. The standard InChI is InChI=1S/C10H17N5O16P4/c11-8-5-9(13-2-12-8)15(3-14-5)10-7(17)6(16)4(28-10)1-27-33(21,22)30-35(25,26)31-34(23,24)29-32(18,19)20/h2-4,6-7,10,16-17H,1H2,(H,21,22)(H,23,24)(H,25,26)(H2,11,12,13)(H2,18,19,20)/t4-,6-,7-,10-/m1/s1. The van der Waals surface area contributed by atoms with Gasteiger partial charge in [-0.25, -0.2) is 33.2 Å². The predicted molar refractivity (Wildman–Crippen MR) is 106 cm³/mol. The number of hydrogen-bond donors (Lipinski definition) is 8. The molecule has 0 aliphatic carbocycles. The van der Waals surface area contributed by atoms with E-state index in [4.69, 9.17) is 25.2 Å². The first kappa shape index (κ1) is 28.4. The maximum absolute atomic E-state index is 12.0. The number of ether oxygens (including phenoxy) is 1. The summed E-state index contributed by atoms with van der Waals surface area (Å²) in [5, 5.41) is 20.5. The second-order valence-corrected chi connectivity index (χ2v) is 12.6. The molecule has 2 aromatic rings. The van der Waals surface area contributed by atoms with E-state index >= 15 is 0 Å². The number of nitrogens with two attached hydrogens (primary N) is 1. The van der Waals surface area contributed by atoms with E-state index in [-0.39, 0.29) is 17.0 Å². The van der Waals surface area contributed by atoms with Gasteiger partial charge in [-0.15, -0.1) is 0 Å². The average molecular weight is 587 g/mol. The van der Waals surface area contributed by atoms with Crippen LogP contribution < -0.4 is 5.73 Å². The van der Waals surface area contributed by atoms with E-state index in [1.54, 1.807) is 0 Å². The molecule has 1 fully saturated rings. The number of phosphoric ester groups is 1. The van der Waals surface area contributed by atoms with Crippen LogP contribution in [-0.2, 0) is 40.5 Å². The second-order valence-electron chi connectivity index (χ2n) is 6.57. The van der Waals surface area contributed by atoms with Crippen LogP contribution in [0.3, 0.4) is 0 Å². The largest absolute Gasteiger partial charge is 0.490 e. The SMILES string of the molecule is Nc1ncnc2c1ncn2[C@@H]1O[C@H](COP(=O)(O)OP(=O)(O)OP(=O)(O)OP(=O)(O)O)[C@@H](O)[C@H]1O. The van der Waals surface area contributed by atoms with Gasteiger partial charge in [0.2, 0.25) is 0 Å². The molecule has 0 amide bonds. The van der Waals surface area contributed by atoms with Gasteiger partial charge in [-0.3, -0.25) is 9.09 Å². The molecule has 0 saturated carbocycles. The lowest BCUT2D eigenvalue weighted by atomic mass is 10.1. The predicted octanol–water partition coefficient (Wildman–Crippen LogP) is -1.51. The molecule has 3 rings (SSSR count).